The third-order valence-electron chi connectivity index (χ3n) is 7.37. The van der Waals surface area contributed by atoms with Crippen LogP contribution in [-0.4, -0.2) is 49.5 Å². The zero-order chi connectivity index (χ0) is 24.2. The first-order chi connectivity index (χ1) is 16.5. The molecule has 2 fully saturated rings. The highest BCUT2D eigenvalue weighted by molar-refractivity contribution is 6.02. The van der Waals surface area contributed by atoms with Crippen LogP contribution in [0.15, 0.2) is 36.4 Å². The van der Waals surface area contributed by atoms with Gasteiger partial charge in [0.2, 0.25) is 0 Å². The summed E-state index contributed by atoms with van der Waals surface area (Å²) in [6.45, 7) is 3.33. The number of amides is 2. The molecule has 3 N–H and O–H groups in total. The Hall–Kier alpha value is -3.48. The van der Waals surface area contributed by atoms with Crippen molar-refractivity contribution in [2.75, 3.05) is 25.0 Å². The molecule has 7 heteroatoms. The van der Waals surface area contributed by atoms with Gasteiger partial charge in [0.1, 0.15) is 0 Å². The van der Waals surface area contributed by atoms with Crippen molar-refractivity contribution < 1.29 is 9.59 Å². The standard InChI is InChI=1S/C27H33N5O2/c1-18-14-24(21-4-3-5-21)25(26(33)30-2)15-23(18)27(34)31-12-10-20(11-13-31)19-6-8-22(9-7-19)32(16-28)17-29/h6-9,14-17,20-21,28-29H,3-5,10-13H2,1-2H3,(H,30,33). The molecule has 0 spiro atoms. The van der Waals surface area contributed by atoms with Crippen LogP contribution in [0.5, 0.6) is 0 Å². The second kappa shape index (κ2) is 10.2. The number of nitrogens with one attached hydrogen (secondary N) is 3. The fraction of sp³-hybridized carbons (Fsp3) is 0.407. The van der Waals surface area contributed by atoms with Gasteiger partial charge in [0.05, 0.1) is 12.7 Å². The lowest BCUT2D eigenvalue weighted by Gasteiger charge is -2.33. The van der Waals surface area contributed by atoms with E-state index in [1.165, 1.54) is 16.9 Å². The monoisotopic (exact) mass is 459 g/mol. The molecule has 2 aromatic carbocycles. The number of piperidine rings is 1. The Balaban J connectivity index is 1.46. The minimum absolute atomic E-state index is 0.00391. The smallest absolute Gasteiger partial charge is 0.254 e. The first-order valence-corrected chi connectivity index (χ1v) is 12.0. The molecule has 4 rings (SSSR count). The van der Waals surface area contributed by atoms with Gasteiger partial charge < -0.3 is 10.2 Å². The van der Waals surface area contributed by atoms with Crippen LogP contribution in [0, 0.1) is 17.7 Å². The summed E-state index contributed by atoms with van der Waals surface area (Å²) in [5.74, 6) is 0.671. The summed E-state index contributed by atoms with van der Waals surface area (Å²) in [4.78, 5) is 29.4. The maximum absolute atomic E-state index is 13.4. The van der Waals surface area contributed by atoms with Gasteiger partial charge in [-0.05, 0) is 79.3 Å². The van der Waals surface area contributed by atoms with E-state index in [0.717, 1.165) is 55.2 Å². The number of anilines is 1. The number of likely N-dealkylation sites (tertiary alicyclic amines) is 1. The largest absolute Gasteiger partial charge is 0.355 e. The molecule has 0 bridgehead atoms. The number of carbonyl (C=O) groups is 2. The van der Waals surface area contributed by atoms with Crippen molar-refractivity contribution in [3.8, 4) is 0 Å². The third kappa shape index (κ3) is 4.60. The summed E-state index contributed by atoms with van der Waals surface area (Å²) in [5.41, 5.74) is 5.29. The normalized spacial score (nSPS) is 16.5. The van der Waals surface area contributed by atoms with Crippen LogP contribution in [-0.2, 0) is 0 Å². The van der Waals surface area contributed by atoms with E-state index in [0.29, 0.717) is 36.1 Å². The van der Waals surface area contributed by atoms with E-state index < -0.39 is 0 Å². The van der Waals surface area contributed by atoms with Gasteiger partial charge in [0, 0.05) is 37.0 Å². The summed E-state index contributed by atoms with van der Waals surface area (Å²) in [6.07, 6.45) is 7.39. The maximum Gasteiger partial charge on any atom is 0.254 e. The average molecular weight is 460 g/mol. The molecule has 0 aromatic heterocycles. The third-order valence-corrected chi connectivity index (χ3v) is 7.37. The number of hydrogen-bond acceptors (Lipinski definition) is 4. The summed E-state index contributed by atoms with van der Waals surface area (Å²) < 4.78 is 0. The van der Waals surface area contributed by atoms with E-state index in [1.807, 2.05) is 30.0 Å². The Morgan fingerprint density at radius 2 is 1.62 bits per heavy atom. The van der Waals surface area contributed by atoms with Crippen LogP contribution in [0.4, 0.5) is 5.69 Å². The minimum atomic E-state index is -0.122. The average Bonchev–Trinajstić information content (AvgIpc) is 2.83. The molecule has 2 aliphatic rings. The van der Waals surface area contributed by atoms with Crippen molar-refractivity contribution in [3.63, 3.8) is 0 Å². The fourth-order valence-corrected chi connectivity index (χ4v) is 5.04. The quantitative estimate of drug-likeness (QED) is 0.415. The molecule has 1 saturated heterocycles. The Morgan fingerprint density at radius 1 is 0.971 bits per heavy atom. The number of benzene rings is 2. The summed E-state index contributed by atoms with van der Waals surface area (Å²) in [7, 11) is 1.64. The number of rotatable bonds is 7. The first-order valence-electron chi connectivity index (χ1n) is 12.0. The van der Waals surface area contributed by atoms with Crippen LogP contribution in [0.2, 0.25) is 0 Å². The van der Waals surface area contributed by atoms with Crippen LogP contribution < -0.4 is 10.2 Å². The van der Waals surface area contributed by atoms with Crippen LogP contribution in [0.1, 0.15) is 81.3 Å². The van der Waals surface area contributed by atoms with Gasteiger partial charge in [-0.25, -0.2) is 0 Å². The van der Waals surface area contributed by atoms with Gasteiger partial charge in [0.25, 0.3) is 11.8 Å². The fourth-order valence-electron chi connectivity index (χ4n) is 5.04. The van der Waals surface area contributed by atoms with Crippen molar-refractivity contribution in [1.29, 1.82) is 10.8 Å². The van der Waals surface area contributed by atoms with Crippen molar-refractivity contribution in [2.24, 2.45) is 0 Å². The van der Waals surface area contributed by atoms with E-state index in [9.17, 15) is 9.59 Å². The van der Waals surface area contributed by atoms with E-state index in [-0.39, 0.29) is 11.8 Å². The summed E-state index contributed by atoms with van der Waals surface area (Å²) >= 11 is 0. The second-order valence-electron chi connectivity index (χ2n) is 9.28. The number of carbonyl (C=O) groups excluding carboxylic acids is 2. The molecule has 7 nitrogen and oxygen atoms in total. The van der Waals surface area contributed by atoms with Crippen LogP contribution in [0.3, 0.4) is 0 Å². The Kier molecular flexibility index (Phi) is 7.10. The number of hydrogen-bond donors (Lipinski definition) is 3. The molecule has 178 valence electrons. The molecule has 1 aliphatic carbocycles. The van der Waals surface area contributed by atoms with Gasteiger partial charge in [-0.15, -0.1) is 0 Å². The number of aryl methyl sites for hydroxylation is 1. The van der Waals surface area contributed by atoms with Crippen molar-refractivity contribution in [2.45, 2.75) is 50.9 Å². The lowest BCUT2D eigenvalue weighted by atomic mass is 9.77. The summed E-state index contributed by atoms with van der Waals surface area (Å²) in [5, 5.41) is 17.5. The van der Waals surface area contributed by atoms with Crippen molar-refractivity contribution in [3.05, 3.63) is 64.2 Å². The maximum atomic E-state index is 13.4. The molecule has 0 atom stereocenters. The van der Waals surface area contributed by atoms with E-state index >= 15 is 0 Å². The summed E-state index contributed by atoms with van der Waals surface area (Å²) in [6, 6.07) is 11.8. The molecule has 1 aliphatic heterocycles. The lowest BCUT2D eigenvalue weighted by molar-refractivity contribution is 0.0712. The Bertz CT molecular complexity index is 1070. The zero-order valence-corrected chi connectivity index (χ0v) is 19.9. The van der Waals surface area contributed by atoms with Crippen LogP contribution >= 0.6 is 0 Å². The Labute approximate surface area is 201 Å². The second-order valence-corrected chi connectivity index (χ2v) is 9.28. The molecule has 1 heterocycles. The molecule has 2 amide bonds. The Morgan fingerprint density at radius 3 is 2.15 bits per heavy atom. The molecular formula is C27H33N5O2. The highest BCUT2D eigenvalue weighted by Gasteiger charge is 2.29. The lowest BCUT2D eigenvalue weighted by Crippen LogP contribution is -2.38. The van der Waals surface area contributed by atoms with Crippen molar-refractivity contribution in [1.82, 2.24) is 10.2 Å². The first kappa shape index (κ1) is 23.7. The van der Waals surface area contributed by atoms with Crippen LogP contribution in [0.25, 0.3) is 0 Å². The van der Waals surface area contributed by atoms with E-state index in [4.69, 9.17) is 10.8 Å². The van der Waals surface area contributed by atoms with E-state index in [2.05, 4.69) is 23.5 Å². The van der Waals surface area contributed by atoms with Gasteiger partial charge in [-0.1, -0.05) is 24.6 Å². The van der Waals surface area contributed by atoms with Gasteiger partial charge >= 0.3 is 0 Å². The molecule has 2 aromatic rings. The molecule has 1 saturated carbocycles. The molecule has 0 unspecified atom stereocenters. The predicted octanol–water partition coefficient (Wildman–Crippen LogP) is 4.66. The van der Waals surface area contributed by atoms with E-state index in [1.54, 1.807) is 7.05 Å². The predicted molar refractivity (Wildman–Crippen MR) is 136 cm³/mol. The SMILES string of the molecule is CNC(=O)c1cc(C(=O)N2CCC(c3ccc(N(C=N)C=N)cc3)CC2)c(C)cc1C1CCC1. The van der Waals surface area contributed by atoms with Gasteiger partial charge in [0.15, 0.2) is 0 Å². The highest BCUT2D eigenvalue weighted by atomic mass is 16.2. The molecular weight excluding hydrogens is 426 g/mol. The topological polar surface area (TPSA) is 100 Å². The molecule has 0 radical (unpaired) electrons. The molecule has 34 heavy (non-hydrogen) atoms. The minimum Gasteiger partial charge on any atom is -0.355 e. The van der Waals surface area contributed by atoms with Gasteiger partial charge in [-0.2, -0.15) is 0 Å². The van der Waals surface area contributed by atoms with Crippen molar-refractivity contribution >= 4 is 30.2 Å². The number of nitrogens with zero attached hydrogens (tertiary/aromatic N) is 2. The van der Waals surface area contributed by atoms with Gasteiger partial charge in [-0.3, -0.25) is 25.3 Å². The highest BCUT2D eigenvalue weighted by Crippen LogP contribution is 2.39. The zero-order valence-electron chi connectivity index (χ0n) is 19.9.